The summed E-state index contributed by atoms with van der Waals surface area (Å²) in [7, 11) is 1.41. The van der Waals surface area contributed by atoms with Crippen molar-refractivity contribution in [3.63, 3.8) is 0 Å². The second-order valence-electron chi connectivity index (χ2n) is 3.84. The fourth-order valence-corrected chi connectivity index (χ4v) is 1.72. The fraction of sp³-hybridized carbons (Fsp3) is 0.154. The number of hydrogen-bond donors (Lipinski definition) is 1. The maximum atomic E-state index is 12.7. The summed E-state index contributed by atoms with van der Waals surface area (Å²) in [4.78, 5) is 13.7. The van der Waals surface area contributed by atoms with Crippen molar-refractivity contribution in [3.05, 3.63) is 52.3 Å². The number of nitrogens with one attached hydrogen (secondary N) is 1. The van der Waals surface area contributed by atoms with Gasteiger partial charge in [-0.15, -0.1) is 0 Å². The number of rotatable bonds is 2. The van der Waals surface area contributed by atoms with Crippen molar-refractivity contribution in [2.24, 2.45) is 0 Å². The molecule has 0 atom stereocenters. The number of methoxy groups -OCH3 is 1. The highest BCUT2D eigenvalue weighted by molar-refractivity contribution is 5.67. The summed E-state index contributed by atoms with van der Waals surface area (Å²) in [5.74, 6) is 0.387. The van der Waals surface area contributed by atoms with E-state index >= 15 is 0 Å². The van der Waals surface area contributed by atoms with Gasteiger partial charge < -0.3 is 9.72 Å². The van der Waals surface area contributed by atoms with Crippen molar-refractivity contribution >= 4 is 0 Å². The van der Waals surface area contributed by atoms with Crippen molar-refractivity contribution in [2.45, 2.75) is 6.18 Å². The molecule has 100 valence electrons. The number of aromatic nitrogens is 1. The Kier molecular flexibility index (Phi) is 3.33. The third-order valence-corrected chi connectivity index (χ3v) is 2.57. The molecule has 0 unspecified atom stereocenters. The zero-order chi connectivity index (χ0) is 14.0. The monoisotopic (exact) mass is 269 g/mol. The SMILES string of the molecule is COc1ccccc1-c1cc(C(F)(F)F)cc(=O)[nH]1. The third kappa shape index (κ3) is 2.78. The van der Waals surface area contributed by atoms with Gasteiger partial charge in [0.25, 0.3) is 0 Å². The van der Waals surface area contributed by atoms with Crippen LogP contribution in [0, 0.1) is 0 Å². The number of halogens is 3. The summed E-state index contributed by atoms with van der Waals surface area (Å²) in [6.07, 6.45) is -4.56. The molecule has 0 radical (unpaired) electrons. The van der Waals surface area contributed by atoms with Crippen LogP contribution < -0.4 is 10.3 Å². The summed E-state index contributed by atoms with van der Waals surface area (Å²) in [5, 5.41) is 0. The van der Waals surface area contributed by atoms with Gasteiger partial charge in [0.2, 0.25) is 5.56 Å². The molecule has 0 saturated carbocycles. The average Bonchev–Trinajstić information content (AvgIpc) is 2.37. The number of H-pyrrole nitrogens is 1. The van der Waals surface area contributed by atoms with Crippen LogP contribution in [-0.4, -0.2) is 12.1 Å². The number of alkyl halides is 3. The molecule has 0 aliphatic carbocycles. The molecular formula is C13H10F3NO2. The lowest BCUT2D eigenvalue weighted by Crippen LogP contribution is -2.13. The van der Waals surface area contributed by atoms with Gasteiger partial charge in [0, 0.05) is 11.6 Å². The van der Waals surface area contributed by atoms with Gasteiger partial charge in [0.15, 0.2) is 0 Å². The number of hydrogen-bond acceptors (Lipinski definition) is 2. The van der Waals surface area contributed by atoms with Crippen molar-refractivity contribution < 1.29 is 17.9 Å². The average molecular weight is 269 g/mol. The summed E-state index contributed by atoms with van der Waals surface area (Å²) >= 11 is 0. The van der Waals surface area contributed by atoms with E-state index in [-0.39, 0.29) is 5.69 Å². The van der Waals surface area contributed by atoms with Crippen molar-refractivity contribution in [1.29, 1.82) is 0 Å². The number of benzene rings is 1. The predicted molar refractivity (Wildman–Crippen MR) is 64.1 cm³/mol. The first-order valence-electron chi connectivity index (χ1n) is 5.37. The Morgan fingerprint density at radius 1 is 1.16 bits per heavy atom. The van der Waals surface area contributed by atoms with Crippen molar-refractivity contribution in [2.75, 3.05) is 7.11 Å². The number of aromatic amines is 1. The molecule has 3 nitrogen and oxygen atoms in total. The van der Waals surface area contributed by atoms with E-state index in [1.54, 1.807) is 24.3 Å². The van der Waals surface area contributed by atoms with Gasteiger partial charge in [-0.25, -0.2) is 0 Å². The highest BCUT2D eigenvalue weighted by atomic mass is 19.4. The molecule has 0 aliphatic rings. The standard InChI is InChI=1S/C13H10F3NO2/c1-19-11-5-3-2-4-9(11)10-6-8(13(14,15)16)7-12(18)17-10/h2-7H,1H3,(H,17,18). The minimum absolute atomic E-state index is 0.0669. The largest absolute Gasteiger partial charge is 0.496 e. The molecule has 0 fully saturated rings. The molecule has 1 aromatic heterocycles. The normalized spacial score (nSPS) is 11.4. The van der Waals surface area contributed by atoms with Crippen LogP contribution in [0.3, 0.4) is 0 Å². The van der Waals surface area contributed by atoms with Gasteiger partial charge in [0.05, 0.1) is 18.4 Å². The fourth-order valence-electron chi connectivity index (χ4n) is 1.72. The molecular weight excluding hydrogens is 259 g/mol. The first-order valence-corrected chi connectivity index (χ1v) is 5.37. The summed E-state index contributed by atoms with van der Waals surface area (Å²) < 4.78 is 43.0. The topological polar surface area (TPSA) is 42.1 Å². The molecule has 1 N–H and O–H groups in total. The zero-order valence-corrected chi connectivity index (χ0v) is 9.91. The molecule has 0 amide bonds. The smallest absolute Gasteiger partial charge is 0.416 e. The lowest BCUT2D eigenvalue weighted by molar-refractivity contribution is -0.137. The molecule has 0 spiro atoms. The van der Waals surface area contributed by atoms with Crippen molar-refractivity contribution in [3.8, 4) is 17.0 Å². The first kappa shape index (κ1) is 13.2. The van der Waals surface area contributed by atoms with Gasteiger partial charge in [-0.1, -0.05) is 12.1 Å². The molecule has 2 aromatic rings. The van der Waals surface area contributed by atoms with Crippen LogP contribution in [0.25, 0.3) is 11.3 Å². The highest BCUT2D eigenvalue weighted by Gasteiger charge is 2.31. The van der Waals surface area contributed by atoms with E-state index in [1.165, 1.54) is 7.11 Å². The Balaban J connectivity index is 2.63. The molecule has 0 saturated heterocycles. The molecule has 0 aliphatic heterocycles. The second-order valence-corrected chi connectivity index (χ2v) is 3.84. The van der Waals surface area contributed by atoms with Crippen LogP contribution in [0.2, 0.25) is 0 Å². The van der Waals surface area contributed by atoms with Crippen LogP contribution in [-0.2, 0) is 6.18 Å². The van der Waals surface area contributed by atoms with Gasteiger partial charge in [-0.3, -0.25) is 4.79 Å². The number of para-hydroxylation sites is 1. The summed E-state index contributed by atoms with van der Waals surface area (Å²) in [6.45, 7) is 0. The second kappa shape index (κ2) is 4.79. The molecule has 2 rings (SSSR count). The molecule has 1 aromatic carbocycles. The van der Waals surface area contributed by atoms with E-state index < -0.39 is 17.3 Å². The highest BCUT2D eigenvalue weighted by Crippen LogP contribution is 2.33. The Hall–Kier alpha value is -2.24. The van der Waals surface area contributed by atoms with E-state index in [2.05, 4.69) is 4.98 Å². The Bertz CT molecular complexity index is 647. The van der Waals surface area contributed by atoms with Gasteiger partial charge in [0.1, 0.15) is 5.75 Å². The number of pyridine rings is 1. The Morgan fingerprint density at radius 2 is 1.84 bits per heavy atom. The third-order valence-electron chi connectivity index (χ3n) is 2.57. The first-order chi connectivity index (χ1) is 8.91. The van der Waals surface area contributed by atoms with E-state index in [1.807, 2.05) is 0 Å². The van der Waals surface area contributed by atoms with E-state index in [0.717, 1.165) is 6.07 Å². The minimum Gasteiger partial charge on any atom is -0.496 e. The van der Waals surface area contributed by atoms with Gasteiger partial charge in [-0.05, 0) is 18.2 Å². The zero-order valence-electron chi connectivity index (χ0n) is 9.91. The van der Waals surface area contributed by atoms with Crippen LogP contribution in [0.1, 0.15) is 5.56 Å². The molecule has 19 heavy (non-hydrogen) atoms. The van der Waals surface area contributed by atoms with Crippen LogP contribution in [0.15, 0.2) is 41.2 Å². The number of ether oxygens (including phenoxy) is 1. The summed E-state index contributed by atoms with van der Waals surface area (Å²) in [6, 6.07) is 7.93. The molecule has 1 heterocycles. The van der Waals surface area contributed by atoms with Gasteiger partial charge >= 0.3 is 6.18 Å². The lowest BCUT2D eigenvalue weighted by atomic mass is 10.1. The van der Waals surface area contributed by atoms with E-state index in [0.29, 0.717) is 17.4 Å². The van der Waals surface area contributed by atoms with E-state index in [4.69, 9.17) is 4.74 Å². The van der Waals surface area contributed by atoms with Crippen molar-refractivity contribution in [1.82, 2.24) is 4.98 Å². The Morgan fingerprint density at radius 3 is 2.47 bits per heavy atom. The van der Waals surface area contributed by atoms with Gasteiger partial charge in [-0.2, -0.15) is 13.2 Å². The predicted octanol–water partition coefficient (Wildman–Crippen LogP) is 3.07. The lowest BCUT2D eigenvalue weighted by Gasteiger charge is -2.11. The van der Waals surface area contributed by atoms with Crippen LogP contribution in [0.5, 0.6) is 5.75 Å². The Labute approximate surface area is 106 Å². The van der Waals surface area contributed by atoms with Crippen LogP contribution in [0.4, 0.5) is 13.2 Å². The van der Waals surface area contributed by atoms with E-state index in [9.17, 15) is 18.0 Å². The summed E-state index contributed by atoms with van der Waals surface area (Å²) in [5.41, 5.74) is -1.33. The molecule has 6 heteroatoms. The molecule has 0 bridgehead atoms. The maximum Gasteiger partial charge on any atom is 0.416 e. The quantitative estimate of drug-likeness (QED) is 0.910. The minimum atomic E-state index is -4.56. The van der Waals surface area contributed by atoms with Crippen LogP contribution >= 0.6 is 0 Å². The maximum absolute atomic E-state index is 12.7.